The van der Waals surface area contributed by atoms with Crippen LogP contribution in [0.25, 0.3) is 0 Å². The Labute approximate surface area is 129 Å². The summed E-state index contributed by atoms with van der Waals surface area (Å²) >= 11 is 5.81. The molecule has 4 heteroatoms. The molecule has 0 spiro atoms. The van der Waals surface area contributed by atoms with Crippen LogP contribution in [0.2, 0.25) is 5.02 Å². The summed E-state index contributed by atoms with van der Waals surface area (Å²) in [5.41, 5.74) is 8.44. The second kappa shape index (κ2) is 6.83. The highest BCUT2D eigenvalue weighted by Crippen LogP contribution is 2.18. The zero-order chi connectivity index (χ0) is 15.2. The minimum absolute atomic E-state index is 0.427. The molecule has 0 aliphatic rings. The minimum Gasteiger partial charge on any atom is -0.374 e. The van der Waals surface area contributed by atoms with E-state index < -0.39 is 5.91 Å². The summed E-state index contributed by atoms with van der Waals surface area (Å²) < 4.78 is 0. The fraction of sp³-hybridized carbons (Fsp3) is 0.118. The molecule has 0 heterocycles. The first kappa shape index (κ1) is 15.0. The van der Waals surface area contributed by atoms with Gasteiger partial charge in [0, 0.05) is 21.8 Å². The Balaban J connectivity index is 2.03. The third kappa shape index (κ3) is 4.01. The third-order valence-electron chi connectivity index (χ3n) is 3.04. The van der Waals surface area contributed by atoms with E-state index in [1.54, 1.807) is 24.3 Å². The summed E-state index contributed by atoms with van der Waals surface area (Å²) in [7, 11) is 0. The van der Waals surface area contributed by atoms with E-state index >= 15 is 0 Å². The van der Waals surface area contributed by atoms with Crippen molar-refractivity contribution in [2.75, 3.05) is 11.9 Å². The number of primary amides is 1. The van der Waals surface area contributed by atoms with Gasteiger partial charge in [0.25, 0.3) is 0 Å². The fourth-order valence-electron chi connectivity index (χ4n) is 1.91. The molecule has 0 bridgehead atoms. The molecule has 2 aromatic carbocycles. The predicted molar refractivity (Wildman–Crippen MR) is 86.5 cm³/mol. The SMILES string of the molecule is Cc1c(NCC#Cc2ccc(Cl)cc2)cccc1C(N)=O. The average molecular weight is 299 g/mol. The maximum atomic E-state index is 11.3. The molecule has 0 saturated heterocycles. The Hall–Kier alpha value is -2.44. The minimum atomic E-state index is -0.427. The van der Waals surface area contributed by atoms with E-state index in [1.807, 2.05) is 25.1 Å². The first-order valence-corrected chi connectivity index (χ1v) is 6.83. The second-order valence-electron chi connectivity index (χ2n) is 4.50. The van der Waals surface area contributed by atoms with Crippen molar-refractivity contribution in [2.45, 2.75) is 6.92 Å². The molecule has 21 heavy (non-hydrogen) atoms. The summed E-state index contributed by atoms with van der Waals surface area (Å²) in [6, 6.07) is 12.7. The van der Waals surface area contributed by atoms with Gasteiger partial charge in [-0.25, -0.2) is 0 Å². The third-order valence-corrected chi connectivity index (χ3v) is 3.30. The van der Waals surface area contributed by atoms with E-state index in [-0.39, 0.29) is 0 Å². The van der Waals surface area contributed by atoms with Crippen molar-refractivity contribution in [1.29, 1.82) is 0 Å². The Morgan fingerprint density at radius 1 is 1.24 bits per heavy atom. The Bertz CT molecular complexity index is 712. The Morgan fingerprint density at radius 2 is 1.95 bits per heavy atom. The Kier molecular flexibility index (Phi) is 4.86. The molecule has 3 N–H and O–H groups in total. The van der Waals surface area contributed by atoms with Gasteiger partial charge in [-0.3, -0.25) is 4.79 Å². The summed E-state index contributed by atoms with van der Waals surface area (Å²) in [4.78, 5) is 11.3. The summed E-state index contributed by atoms with van der Waals surface area (Å²) in [6.45, 7) is 2.33. The lowest BCUT2D eigenvalue weighted by Crippen LogP contribution is -2.14. The van der Waals surface area contributed by atoms with Crippen LogP contribution < -0.4 is 11.1 Å². The topological polar surface area (TPSA) is 55.1 Å². The Morgan fingerprint density at radius 3 is 2.62 bits per heavy atom. The number of halogens is 1. The fourth-order valence-corrected chi connectivity index (χ4v) is 2.04. The smallest absolute Gasteiger partial charge is 0.249 e. The molecule has 0 aliphatic heterocycles. The molecule has 2 aromatic rings. The molecular formula is C17H15ClN2O. The second-order valence-corrected chi connectivity index (χ2v) is 4.94. The molecule has 0 aliphatic carbocycles. The number of benzene rings is 2. The lowest BCUT2D eigenvalue weighted by molar-refractivity contribution is 0.1000. The number of anilines is 1. The number of carbonyl (C=O) groups is 1. The van der Waals surface area contributed by atoms with Crippen molar-refractivity contribution in [2.24, 2.45) is 5.73 Å². The zero-order valence-electron chi connectivity index (χ0n) is 11.6. The van der Waals surface area contributed by atoms with Gasteiger partial charge in [0.1, 0.15) is 0 Å². The molecule has 1 amide bonds. The maximum Gasteiger partial charge on any atom is 0.249 e. The quantitative estimate of drug-likeness (QED) is 0.855. The molecular weight excluding hydrogens is 284 g/mol. The monoisotopic (exact) mass is 298 g/mol. The summed E-state index contributed by atoms with van der Waals surface area (Å²) in [6.07, 6.45) is 0. The zero-order valence-corrected chi connectivity index (χ0v) is 12.4. The van der Waals surface area contributed by atoms with E-state index in [2.05, 4.69) is 17.2 Å². The van der Waals surface area contributed by atoms with E-state index in [9.17, 15) is 4.79 Å². The van der Waals surface area contributed by atoms with Gasteiger partial charge in [-0.15, -0.1) is 0 Å². The van der Waals surface area contributed by atoms with E-state index in [0.29, 0.717) is 17.1 Å². The maximum absolute atomic E-state index is 11.3. The summed E-state index contributed by atoms with van der Waals surface area (Å²) in [5.74, 6) is 5.63. The van der Waals surface area contributed by atoms with Crippen LogP contribution in [-0.2, 0) is 0 Å². The highest BCUT2D eigenvalue weighted by Gasteiger charge is 2.07. The van der Waals surface area contributed by atoms with Crippen LogP contribution in [-0.4, -0.2) is 12.5 Å². The molecule has 2 rings (SSSR count). The van der Waals surface area contributed by atoms with Gasteiger partial charge in [0.05, 0.1) is 6.54 Å². The normalized spacial score (nSPS) is 9.62. The van der Waals surface area contributed by atoms with Crippen LogP contribution in [0.1, 0.15) is 21.5 Å². The standard InChI is InChI=1S/C17H15ClN2O/c1-12-15(17(19)21)5-2-6-16(12)20-11-3-4-13-7-9-14(18)10-8-13/h2,5-10,20H,11H2,1H3,(H2,19,21). The van der Waals surface area contributed by atoms with Gasteiger partial charge >= 0.3 is 0 Å². The van der Waals surface area contributed by atoms with Crippen molar-refractivity contribution < 1.29 is 4.79 Å². The molecule has 0 fully saturated rings. The van der Waals surface area contributed by atoms with Crippen molar-refractivity contribution in [3.63, 3.8) is 0 Å². The van der Waals surface area contributed by atoms with Gasteiger partial charge in [-0.1, -0.05) is 29.5 Å². The van der Waals surface area contributed by atoms with Gasteiger partial charge in [-0.05, 0) is 48.9 Å². The van der Waals surface area contributed by atoms with Crippen LogP contribution in [0.5, 0.6) is 0 Å². The number of hydrogen-bond donors (Lipinski definition) is 2. The van der Waals surface area contributed by atoms with Crippen LogP contribution in [0.4, 0.5) is 5.69 Å². The van der Waals surface area contributed by atoms with Crippen molar-refractivity contribution in [3.05, 3.63) is 64.2 Å². The molecule has 0 saturated carbocycles. The highest BCUT2D eigenvalue weighted by atomic mass is 35.5. The van der Waals surface area contributed by atoms with E-state index in [4.69, 9.17) is 17.3 Å². The lowest BCUT2D eigenvalue weighted by atomic mass is 10.1. The van der Waals surface area contributed by atoms with Crippen LogP contribution >= 0.6 is 11.6 Å². The van der Waals surface area contributed by atoms with Gasteiger partial charge in [0.15, 0.2) is 0 Å². The van der Waals surface area contributed by atoms with E-state index in [0.717, 1.165) is 16.8 Å². The van der Waals surface area contributed by atoms with Crippen LogP contribution in [0, 0.1) is 18.8 Å². The average Bonchev–Trinajstić information content (AvgIpc) is 2.46. The van der Waals surface area contributed by atoms with Crippen LogP contribution in [0.3, 0.4) is 0 Å². The van der Waals surface area contributed by atoms with Gasteiger partial charge < -0.3 is 11.1 Å². The van der Waals surface area contributed by atoms with E-state index in [1.165, 1.54) is 0 Å². The molecule has 0 atom stereocenters. The largest absolute Gasteiger partial charge is 0.374 e. The predicted octanol–water partition coefficient (Wildman–Crippen LogP) is 3.21. The molecule has 3 nitrogen and oxygen atoms in total. The number of carbonyl (C=O) groups excluding carboxylic acids is 1. The van der Waals surface area contributed by atoms with Crippen molar-refractivity contribution in [3.8, 4) is 11.8 Å². The number of amides is 1. The molecule has 0 aromatic heterocycles. The summed E-state index contributed by atoms with van der Waals surface area (Å²) in [5, 5.41) is 3.87. The first-order chi connectivity index (χ1) is 10.1. The van der Waals surface area contributed by atoms with Gasteiger partial charge in [-0.2, -0.15) is 0 Å². The molecule has 0 unspecified atom stereocenters. The number of hydrogen-bond acceptors (Lipinski definition) is 2. The highest BCUT2D eigenvalue weighted by molar-refractivity contribution is 6.30. The lowest BCUT2D eigenvalue weighted by Gasteiger charge is -2.09. The number of rotatable bonds is 3. The first-order valence-electron chi connectivity index (χ1n) is 6.45. The number of nitrogens with two attached hydrogens (primary N) is 1. The number of nitrogens with one attached hydrogen (secondary N) is 1. The van der Waals surface area contributed by atoms with Gasteiger partial charge in [0.2, 0.25) is 5.91 Å². The van der Waals surface area contributed by atoms with Crippen LogP contribution in [0.15, 0.2) is 42.5 Å². The molecule has 106 valence electrons. The van der Waals surface area contributed by atoms with Crippen molar-refractivity contribution in [1.82, 2.24) is 0 Å². The molecule has 0 radical (unpaired) electrons. The van der Waals surface area contributed by atoms with Crippen molar-refractivity contribution >= 4 is 23.2 Å².